The van der Waals surface area contributed by atoms with E-state index in [1.54, 1.807) is 29.8 Å². The van der Waals surface area contributed by atoms with Crippen LogP contribution in [0.4, 0.5) is 14.5 Å². The molecule has 0 spiro atoms. The van der Waals surface area contributed by atoms with Crippen LogP contribution in [-0.2, 0) is 13.6 Å². The molecular formula is C20H19ClF2N4O. The van der Waals surface area contributed by atoms with Crippen molar-refractivity contribution in [1.82, 2.24) is 14.5 Å². The standard InChI is InChI=1S/C20H19ClF2N4O/c1-25-16-2-3-18(21)24-20(16)17(11-19(25)28)27-6-4-26(5-7-27)12-13-8-14(22)10-15(23)9-13/h2-3,8-11H,4-7,12H2,1H3. The maximum Gasteiger partial charge on any atom is 0.252 e. The monoisotopic (exact) mass is 404 g/mol. The molecule has 146 valence electrons. The molecule has 0 aliphatic carbocycles. The number of anilines is 1. The normalized spacial score (nSPS) is 15.4. The van der Waals surface area contributed by atoms with Crippen molar-refractivity contribution >= 4 is 28.3 Å². The Balaban J connectivity index is 1.55. The van der Waals surface area contributed by atoms with Gasteiger partial charge in [0.15, 0.2) is 0 Å². The third kappa shape index (κ3) is 3.72. The molecule has 1 aliphatic heterocycles. The van der Waals surface area contributed by atoms with Crippen molar-refractivity contribution in [2.45, 2.75) is 6.54 Å². The van der Waals surface area contributed by atoms with Crippen molar-refractivity contribution in [3.63, 3.8) is 0 Å². The van der Waals surface area contributed by atoms with E-state index in [0.717, 1.165) is 17.3 Å². The smallest absolute Gasteiger partial charge is 0.252 e. The van der Waals surface area contributed by atoms with Crippen LogP contribution >= 0.6 is 11.6 Å². The van der Waals surface area contributed by atoms with Crippen molar-refractivity contribution in [1.29, 1.82) is 0 Å². The molecule has 4 rings (SSSR count). The Kier molecular flexibility index (Phi) is 5.03. The maximum atomic E-state index is 13.4. The summed E-state index contributed by atoms with van der Waals surface area (Å²) in [6, 6.07) is 8.64. The second-order valence-corrected chi connectivity index (χ2v) is 7.36. The van der Waals surface area contributed by atoms with Gasteiger partial charge in [-0.2, -0.15) is 0 Å². The highest BCUT2D eigenvalue weighted by atomic mass is 35.5. The van der Waals surface area contributed by atoms with Crippen LogP contribution in [0.1, 0.15) is 5.56 Å². The van der Waals surface area contributed by atoms with Gasteiger partial charge in [0.2, 0.25) is 0 Å². The lowest BCUT2D eigenvalue weighted by Gasteiger charge is -2.36. The highest BCUT2D eigenvalue weighted by Crippen LogP contribution is 2.26. The first-order valence-corrected chi connectivity index (χ1v) is 9.37. The van der Waals surface area contributed by atoms with E-state index in [1.807, 2.05) is 0 Å². The van der Waals surface area contributed by atoms with E-state index in [1.165, 1.54) is 12.1 Å². The number of rotatable bonds is 3. The molecule has 0 bridgehead atoms. The SMILES string of the molecule is Cn1c(=O)cc(N2CCN(Cc3cc(F)cc(F)c3)CC2)c2nc(Cl)ccc21. The Bertz CT molecular complexity index is 1070. The Morgan fingerprint density at radius 1 is 1.04 bits per heavy atom. The predicted molar refractivity (Wildman–Crippen MR) is 106 cm³/mol. The first-order valence-electron chi connectivity index (χ1n) is 8.99. The van der Waals surface area contributed by atoms with Crippen LogP contribution in [0.3, 0.4) is 0 Å². The zero-order chi connectivity index (χ0) is 19.8. The minimum atomic E-state index is -0.566. The molecule has 3 heterocycles. The van der Waals surface area contributed by atoms with Crippen LogP contribution in [0.15, 0.2) is 41.2 Å². The third-order valence-electron chi connectivity index (χ3n) is 5.08. The van der Waals surface area contributed by atoms with Gasteiger partial charge in [0.05, 0.1) is 11.2 Å². The van der Waals surface area contributed by atoms with Crippen molar-refractivity contribution in [3.8, 4) is 0 Å². The topological polar surface area (TPSA) is 41.4 Å². The van der Waals surface area contributed by atoms with Crippen LogP contribution in [0.5, 0.6) is 0 Å². The summed E-state index contributed by atoms with van der Waals surface area (Å²) in [5.74, 6) is -1.13. The fourth-order valence-corrected chi connectivity index (χ4v) is 3.78. The lowest BCUT2D eigenvalue weighted by atomic mass is 10.1. The van der Waals surface area contributed by atoms with Gasteiger partial charge >= 0.3 is 0 Å². The Morgan fingerprint density at radius 3 is 2.39 bits per heavy atom. The van der Waals surface area contributed by atoms with E-state index in [4.69, 9.17) is 11.6 Å². The van der Waals surface area contributed by atoms with Crippen LogP contribution in [-0.4, -0.2) is 40.6 Å². The number of nitrogens with zero attached hydrogens (tertiary/aromatic N) is 4. The van der Waals surface area contributed by atoms with E-state index in [0.29, 0.717) is 49.0 Å². The first-order chi connectivity index (χ1) is 13.4. The van der Waals surface area contributed by atoms with Gasteiger partial charge in [-0.3, -0.25) is 9.69 Å². The number of halogens is 3. The number of aryl methyl sites for hydroxylation is 1. The Morgan fingerprint density at radius 2 is 1.71 bits per heavy atom. The molecule has 0 radical (unpaired) electrons. The minimum absolute atomic E-state index is 0.107. The summed E-state index contributed by atoms with van der Waals surface area (Å²) in [4.78, 5) is 21.0. The van der Waals surface area contributed by atoms with E-state index in [-0.39, 0.29) is 5.56 Å². The largest absolute Gasteiger partial charge is 0.367 e. The average molecular weight is 405 g/mol. The average Bonchev–Trinajstić information content (AvgIpc) is 2.64. The number of pyridine rings is 2. The van der Waals surface area contributed by atoms with Gasteiger partial charge < -0.3 is 9.47 Å². The summed E-state index contributed by atoms with van der Waals surface area (Å²) in [6.07, 6.45) is 0. The van der Waals surface area contributed by atoms with Crippen molar-refractivity contribution in [3.05, 3.63) is 69.1 Å². The highest BCUT2D eigenvalue weighted by molar-refractivity contribution is 6.29. The molecule has 0 unspecified atom stereocenters. The van der Waals surface area contributed by atoms with Crippen LogP contribution in [0.2, 0.25) is 5.15 Å². The summed E-state index contributed by atoms with van der Waals surface area (Å²) < 4.78 is 28.4. The lowest BCUT2D eigenvalue weighted by molar-refractivity contribution is 0.249. The van der Waals surface area contributed by atoms with Crippen LogP contribution in [0.25, 0.3) is 11.0 Å². The van der Waals surface area contributed by atoms with Crippen LogP contribution in [0, 0.1) is 11.6 Å². The molecule has 1 saturated heterocycles. The lowest BCUT2D eigenvalue weighted by Crippen LogP contribution is -2.46. The number of benzene rings is 1. The number of piperazine rings is 1. The Labute approximate surface area is 165 Å². The molecule has 1 aromatic carbocycles. The number of hydrogen-bond donors (Lipinski definition) is 0. The van der Waals surface area contributed by atoms with Crippen molar-refractivity contribution < 1.29 is 8.78 Å². The van der Waals surface area contributed by atoms with Gasteiger partial charge in [-0.25, -0.2) is 13.8 Å². The summed E-state index contributed by atoms with van der Waals surface area (Å²) >= 11 is 6.07. The van der Waals surface area contributed by atoms with E-state index in [2.05, 4.69) is 14.8 Å². The molecular weight excluding hydrogens is 386 g/mol. The fourth-order valence-electron chi connectivity index (χ4n) is 3.64. The molecule has 0 N–H and O–H groups in total. The van der Waals surface area contributed by atoms with Gasteiger partial charge in [-0.1, -0.05) is 11.6 Å². The van der Waals surface area contributed by atoms with Crippen LogP contribution < -0.4 is 10.5 Å². The molecule has 28 heavy (non-hydrogen) atoms. The molecule has 0 saturated carbocycles. The minimum Gasteiger partial charge on any atom is -0.367 e. The fraction of sp³-hybridized carbons (Fsp3) is 0.300. The van der Waals surface area contributed by atoms with Gasteiger partial charge in [-0.05, 0) is 29.8 Å². The highest BCUT2D eigenvalue weighted by Gasteiger charge is 2.21. The third-order valence-corrected chi connectivity index (χ3v) is 5.29. The number of aromatic nitrogens is 2. The number of fused-ring (bicyclic) bond motifs is 1. The molecule has 5 nitrogen and oxygen atoms in total. The molecule has 1 aliphatic rings. The summed E-state index contributed by atoms with van der Waals surface area (Å²) in [5.41, 5.74) is 2.68. The Hall–Kier alpha value is -2.51. The van der Waals surface area contributed by atoms with Crippen molar-refractivity contribution in [2.24, 2.45) is 7.05 Å². The van der Waals surface area contributed by atoms with E-state index >= 15 is 0 Å². The quantitative estimate of drug-likeness (QED) is 0.629. The summed E-state index contributed by atoms with van der Waals surface area (Å²) in [7, 11) is 1.71. The van der Waals surface area contributed by atoms with E-state index in [9.17, 15) is 13.6 Å². The van der Waals surface area contributed by atoms with Gasteiger partial charge in [0.1, 0.15) is 22.3 Å². The van der Waals surface area contributed by atoms with Crippen molar-refractivity contribution in [2.75, 3.05) is 31.1 Å². The zero-order valence-corrected chi connectivity index (χ0v) is 16.1. The summed E-state index contributed by atoms with van der Waals surface area (Å²) in [5, 5.41) is 0.374. The number of hydrogen-bond acceptors (Lipinski definition) is 4. The van der Waals surface area contributed by atoms with E-state index < -0.39 is 11.6 Å². The zero-order valence-electron chi connectivity index (χ0n) is 15.3. The second kappa shape index (κ2) is 7.48. The van der Waals surface area contributed by atoms with Gasteiger partial charge in [0, 0.05) is 51.9 Å². The summed E-state index contributed by atoms with van der Waals surface area (Å²) in [6.45, 7) is 3.23. The molecule has 8 heteroatoms. The molecule has 1 fully saturated rings. The first kappa shape index (κ1) is 18.8. The maximum absolute atomic E-state index is 13.4. The molecule has 0 amide bonds. The second-order valence-electron chi connectivity index (χ2n) is 6.97. The molecule has 3 aromatic rings. The molecule has 0 atom stereocenters. The van der Waals surface area contributed by atoms with Gasteiger partial charge in [-0.15, -0.1) is 0 Å². The molecule has 2 aromatic heterocycles. The predicted octanol–water partition coefficient (Wildman–Crippen LogP) is 3.19. The van der Waals surface area contributed by atoms with Gasteiger partial charge in [0.25, 0.3) is 5.56 Å².